The van der Waals surface area contributed by atoms with Crippen molar-refractivity contribution >= 4 is 22.8 Å². The van der Waals surface area contributed by atoms with E-state index in [0.29, 0.717) is 11.9 Å². The first kappa shape index (κ1) is 16.3. The van der Waals surface area contributed by atoms with Crippen LogP contribution in [0.25, 0.3) is 11.2 Å². The molecule has 0 aliphatic rings. The predicted molar refractivity (Wildman–Crippen MR) is 90.2 cm³/mol. The Hall–Kier alpha value is -1.09. The molecule has 2 heterocycles. The lowest BCUT2D eigenvalue weighted by Crippen LogP contribution is -2.10. The first-order valence-corrected chi connectivity index (χ1v) is 8.60. The normalized spacial score (nSPS) is 13.0. The van der Waals surface area contributed by atoms with Gasteiger partial charge in [0.15, 0.2) is 5.65 Å². The van der Waals surface area contributed by atoms with Crippen LogP contribution in [0.4, 0.5) is 0 Å². The number of hydrogen-bond donors (Lipinski definition) is 0. The van der Waals surface area contributed by atoms with Gasteiger partial charge in [-0.2, -0.15) is 0 Å². The number of alkyl halides is 1. The van der Waals surface area contributed by atoms with Gasteiger partial charge in [-0.3, -0.25) is 0 Å². The Kier molecular flexibility index (Phi) is 6.04. The van der Waals surface area contributed by atoms with E-state index in [2.05, 4.69) is 30.3 Å². The fourth-order valence-corrected chi connectivity index (χ4v) is 3.04. The van der Waals surface area contributed by atoms with Crippen LogP contribution < -0.4 is 0 Å². The number of fused-ring (bicyclic) bond motifs is 1. The monoisotopic (exact) mass is 307 g/mol. The number of unbranched alkanes of at least 4 members (excludes halogenated alkanes) is 3. The Morgan fingerprint density at radius 3 is 2.81 bits per heavy atom. The Morgan fingerprint density at radius 1 is 1.29 bits per heavy atom. The van der Waals surface area contributed by atoms with Crippen molar-refractivity contribution in [3.63, 3.8) is 0 Å². The molecule has 0 bridgehead atoms. The lowest BCUT2D eigenvalue weighted by Gasteiger charge is -2.16. The molecular weight excluding hydrogens is 282 g/mol. The summed E-state index contributed by atoms with van der Waals surface area (Å²) < 4.78 is 2.30. The fourth-order valence-electron chi connectivity index (χ4n) is 2.88. The average molecular weight is 308 g/mol. The topological polar surface area (TPSA) is 30.7 Å². The molecule has 1 atom stereocenters. The number of aromatic nitrogens is 3. The van der Waals surface area contributed by atoms with Gasteiger partial charge in [-0.05, 0) is 31.9 Å². The van der Waals surface area contributed by atoms with Gasteiger partial charge in [-0.15, -0.1) is 11.6 Å². The maximum absolute atomic E-state index is 5.95. The molecule has 0 spiro atoms. The summed E-state index contributed by atoms with van der Waals surface area (Å²) in [4.78, 5) is 9.35. The van der Waals surface area contributed by atoms with Crippen molar-refractivity contribution in [1.82, 2.24) is 14.5 Å². The van der Waals surface area contributed by atoms with Gasteiger partial charge in [-0.25, -0.2) is 9.97 Å². The van der Waals surface area contributed by atoms with Crippen molar-refractivity contribution < 1.29 is 0 Å². The summed E-state index contributed by atoms with van der Waals surface area (Å²) in [6.07, 6.45) is 9.03. The number of rotatable bonds is 8. The quantitative estimate of drug-likeness (QED) is 0.504. The summed E-state index contributed by atoms with van der Waals surface area (Å²) in [5.74, 6) is 1.68. The number of nitrogens with zero attached hydrogens (tertiary/aromatic N) is 3. The minimum Gasteiger partial charge on any atom is -0.310 e. The molecule has 0 aliphatic heterocycles. The highest BCUT2D eigenvalue weighted by Crippen LogP contribution is 2.25. The number of pyridine rings is 1. The standard InChI is InChI=1S/C17H26ClN3/c1-4-5-6-7-8-14(3)21-15(9-11-18)20-16-13(2)10-12-19-17(16)21/h10,12,14H,4-9,11H2,1-3H3. The molecule has 0 saturated heterocycles. The van der Waals surface area contributed by atoms with E-state index < -0.39 is 0 Å². The molecule has 0 amide bonds. The smallest absolute Gasteiger partial charge is 0.160 e. The second-order valence-electron chi connectivity index (χ2n) is 5.84. The summed E-state index contributed by atoms with van der Waals surface area (Å²) in [5, 5.41) is 0. The van der Waals surface area contributed by atoms with Crippen molar-refractivity contribution in [2.75, 3.05) is 5.88 Å². The van der Waals surface area contributed by atoms with E-state index in [1.807, 2.05) is 12.3 Å². The highest BCUT2D eigenvalue weighted by Gasteiger charge is 2.17. The molecule has 0 N–H and O–H groups in total. The lowest BCUT2D eigenvalue weighted by molar-refractivity contribution is 0.468. The van der Waals surface area contributed by atoms with Crippen molar-refractivity contribution in [2.24, 2.45) is 0 Å². The van der Waals surface area contributed by atoms with Crippen molar-refractivity contribution in [3.8, 4) is 0 Å². The van der Waals surface area contributed by atoms with Crippen LogP contribution >= 0.6 is 11.6 Å². The highest BCUT2D eigenvalue weighted by atomic mass is 35.5. The number of hydrogen-bond acceptors (Lipinski definition) is 2. The number of halogens is 1. The van der Waals surface area contributed by atoms with E-state index in [4.69, 9.17) is 16.6 Å². The minimum atomic E-state index is 0.430. The van der Waals surface area contributed by atoms with Crippen LogP contribution in [0.5, 0.6) is 0 Å². The Bertz CT molecular complexity index is 577. The molecule has 2 rings (SSSR count). The van der Waals surface area contributed by atoms with Gasteiger partial charge in [0.2, 0.25) is 0 Å². The van der Waals surface area contributed by atoms with E-state index in [0.717, 1.165) is 23.4 Å². The zero-order valence-electron chi connectivity index (χ0n) is 13.4. The highest BCUT2D eigenvalue weighted by molar-refractivity contribution is 6.17. The number of aryl methyl sites for hydroxylation is 2. The fraction of sp³-hybridized carbons (Fsp3) is 0.647. The van der Waals surface area contributed by atoms with Crippen LogP contribution in [-0.4, -0.2) is 20.4 Å². The number of imidazole rings is 1. The van der Waals surface area contributed by atoms with E-state index in [1.54, 1.807) is 0 Å². The first-order valence-electron chi connectivity index (χ1n) is 8.07. The minimum absolute atomic E-state index is 0.430. The van der Waals surface area contributed by atoms with Crippen LogP contribution in [0.2, 0.25) is 0 Å². The predicted octanol–water partition coefficient (Wildman–Crippen LogP) is 5.05. The van der Waals surface area contributed by atoms with Crippen LogP contribution in [0.1, 0.15) is 63.4 Å². The third kappa shape index (κ3) is 3.76. The molecule has 0 aliphatic carbocycles. The van der Waals surface area contributed by atoms with Crippen LogP contribution in [0, 0.1) is 6.92 Å². The van der Waals surface area contributed by atoms with Gasteiger partial charge >= 0.3 is 0 Å². The lowest BCUT2D eigenvalue weighted by atomic mass is 10.1. The Morgan fingerprint density at radius 2 is 2.10 bits per heavy atom. The van der Waals surface area contributed by atoms with Crippen LogP contribution in [0.3, 0.4) is 0 Å². The van der Waals surface area contributed by atoms with Crippen molar-refractivity contribution in [1.29, 1.82) is 0 Å². The molecule has 21 heavy (non-hydrogen) atoms. The van der Waals surface area contributed by atoms with E-state index >= 15 is 0 Å². The maximum Gasteiger partial charge on any atom is 0.160 e. The molecule has 0 radical (unpaired) electrons. The molecule has 0 saturated carbocycles. The second-order valence-corrected chi connectivity index (χ2v) is 6.21. The van der Waals surface area contributed by atoms with E-state index in [1.165, 1.54) is 37.7 Å². The maximum atomic E-state index is 5.95. The molecule has 0 aromatic carbocycles. The average Bonchev–Trinajstić information content (AvgIpc) is 2.84. The third-order valence-corrected chi connectivity index (χ3v) is 4.28. The molecule has 2 aromatic rings. The molecule has 3 nitrogen and oxygen atoms in total. The van der Waals surface area contributed by atoms with Gasteiger partial charge in [0.05, 0.1) is 0 Å². The molecule has 2 aromatic heterocycles. The summed E-state index contributed by atoms with van der Waals surface area (Å²) in [7, 11) is 0. The SMILES string of the molecule is CCCCCCC(C)n1c(CCCl)nc2c(C)ccnc21. The molecule has 0 fully saturated rings. The molecular formula is C17H26ClN3. The summed E-state index contributed by atoms with van der Waals surface area (Å²) >= 11 is 5.95. The van der Waals surface area contributed by atoms with E-state index in [-0.39, 0.29) is 0 Å². The summed E-state index contributed by atoms with van der Waals surface area (Å²) in [6, 6.07) is 2.45. The van der Waals surface area contributed by atoms with Crippen molar-refractivity contribution in [2.45, 2.75) is 65.3 Å². The largest absolute Gasteiger partial charge is 0.310 e. The van der Waals surface area contributed by atoms with Gasteiger partial charge in [0.1, 0.15) is 11.3 Å². The zero-order chi connectivity index (χ0) is 15.2. The van der Waals surface area contributed by atoms with E-state index in [9.17, 15) is 0 Å². The van der Waals surface area contributed by atoms with Gasteiger partial charge in [-0.1, -0.05) is 32.6 Å². The van der Waals surface area contributed by atoms with Crippen molar-refractivity contribution in [3.05, 3.63) is 23.7 Å². The summed E-state index contributed by atoms with van der Waals surface area (Å²) in [5.41, 5.74) is 3.23. The van der Waals surface area contributed by atoms with Gasteiger partial charge in [0, 0.05) is 24.5 Å². The van der Waals surface area contributed by atoms with Crippen LogP contribution in [0.15, 0.2) is 12.3 Å². The third-order valence-electron chi connectivity index (χ3n) is 4.09. The zero-order valence-corrected chi connectivity index (χ0v) is 14.2. The van der Waals surface area contributed by atoms with Gasteiger partial charge < -0.3 is 4.57 Å². The first-order chi connectivity index (χ1) is 10.2. The van der Waals surface area contributed by atoms with Crippen LogP contribution in [-0.2, 0) is 6.42 Å². The Balaban J connectivity index is 2.27. The molecule has 1 unspecified atom stereocenters. The Labute approximate surface area is 132 Å². The molecule has 4 heteroatoms. The summed E-state index contributed by atoms with van der Waals surface area (Å²) in [6.45, 7) is 6.62. The molecule has 116 valence electrons. The second kappa shape index (κ2) is 7.79. The van der Waals surface area contributed by atoms with Gasteiger partial charge in [0.25, 0.3) is 0 Å².